The average molecular weight is 263 g/mol. The van der Waals surface area contributed by atoms with Crippen LogP contribution in [0.4, 0.5) is 13.2 Å². The van der Waals surface area contributed by atoms with Crippen LogP contribution in [0, 0.1) is 5.92 Å². The molecule has 1 N–H and O–H groups in total. The Kier molecular flexibility index (Phi) is 4.09. The zero-order chi connectivity index (χ0) is 12.3. The van der Waals surface area contributed by atoms with Gasteiger partial charge >= 0.3 is 6.18 Å². The van der Waals surface area contributed by atoms with Crippen molar-refractivity contribution in [1.82, 2.24) is 5.32 Å². The Hall–Kier alpha value is -0.550. The van der Waals surface area contributed by atoms with Crippen LogP contribution in [0.5, 0.6) is 0 Å². The molecule has 1 aliphatic rings. The molecule has 0 amide bonds. The first kappa shape index (κ1) is 12.9. The van der Waals surface area contributed by atoms with Gasteiger partial charge in [-0.1, -0.05) is 12.8 Å². The van der Waals surface area contributed by atoms with Crippen molar-refractivity contribution >= 4 is 11.3 Å². The molecule has 17 heavy (non-hydrogen) atoms. The van der Waals surface area contributed by atoms with Crippen molar-refractivity contribution in [3.63, 3.8) is 0 Å². The number of nitrogens with one attached hydrogen (secondary N) is 1. The Morgan fingerprint density at radius 2 is 2.06 bits per heavy atom. The van der Waals surface area contributed by atoms with E-state index in [1.807, 2.05) is 16.8 Å². The minimum absolute atomic E-state index is 0.269. The molecular weight excluding hydrogens is 247 g/mol. The topological polar surface area (TPSA) is 12.0 Å². The van der Waals surface area contributed by atoms with Crippen LogP contribution < -0.4 is 5.32 Å². The van der Waals surface area contributed by atoms with Gasteiger partial charge in [-0.3, -0.25) is 0 Å². The molecule has 0 aromatic carbocycles. The third-order valence-electron chi connectivity index (χ3n) is 3.33. The second-order valence-electron chi connectivity index (χ2n) is 4.55. The third kappa shape index (κ3) is 3.45. The van der Waals surface area contributed by atoms with Gasteiger partial charge in [-0.05, 0) is 35.2 Å². The monoisotopic (exact) mass is 263 g/mol. The van der Waals surface area contributed by atoms with Crippen LogP contribution in [0.3, 0.4) is 0 Å². The highest BCUT2D eigenvalue weighted by atomic mass is 32.1. The first-order valence-electron chi connectivity index (χ1n) is 5.88. The maximum Gasteiger partial charge on any atom is 0.393 e. The van der Waals surface area contributed by atoms with Crippen molar-refractivity contribution in [2.45, 2.75) is 44.4 Å². The average Bonchev–Trinajstić information content (AvgIpc) is 2.78. The molecule has 1 aliphatic carbocycles. The SMILES string of the molecule is FC(F)(F)C1CCCCC1NCc1ccsc1. The molecule has 1 aromatic heterocycles. The number of alkyl halides is 3. The van der Waals surface area contributed by atoms with Gasteiger partial charge in [0, 0.05) is 12.6 Å². The van der Waals surface area contributed by atoms with E-state index in [1.54, 1.807) is 11.3 Å². The summed E-state index contributed by atoms with van der Waals surface area (Å²) >= 11 is 1.57. The van der Waals surface area contributed by atoms with Crippen molar-refractivity contribution in [1.29, 1.82) is 0 Å². The summed E-state index contributed by atoms with van der Waals surface area (Å²) in [6.07, 6.45) is -1.57. The highest BCUT2D eigenvalue weighted by Crippen LogP contribution is 2.37. The van der Waals surface area contributed by atoms with E-state index in [9.17, 15) is 13.2 Å². The van der Waals surface area contributed by atoms with Crippen LogP contribution in [-0.2, 0) is 6.54 Å². The first-order valence-corrected chi connectivity index (χ1v) is 6.83. The van der Waals surface area contributed by atoms with Crippen LogP contribution in [0.15, 0.2) is 16.8 Å². The molecule has 0 aliphatic heterocycles. The largest absolute Gasteiger partial charge is 0.393 e. The van der Waals surface area contributed by atoms with E-state index in [2.05, 4.69) is 5.32 Å². The van der Waals surface area contributed by atoms with Crippen LogP contribution in [-0.4, -0.2) is 12.2 Å². The van der Waals surface area contributed by atoms with Gasteiger partial charge in [-0.25, -0.2) is 0 Å². The molecule has 1 nitrogen and oxygen atoms in total. The van der Waals surface area contributed by atoms with Gasteiger partial charge in [0.2, 0.25) is 0 Å². The van der Waals surface area contributed by atoms with Gasteiger partial charge in [0.15, 0.2) is 0 Å². The van der Waals surface area contributed by atoms with E-state index in [-0.39, 0.29) is 6.42 Å². The van der Waals surface area contributed by atoms with Crippen molar-refractivity contribution in [2.75, 3.05) is 0 Å². The van der Waals surface area contributed by atoms with Crippen LogP contribution >= 0.6 is 11.3 Å². The zero-order valence-electron chi connectivity index (χ0n) is 9.46. The summed E-state index contributed by atoms with van der Waals surface area (Å²) in [6, 6.07) is 1.53. The van der Waals surface area contributed by atoms with Gasteiger partial charge in [-0.15, -0.1) is 0 Å². The second kappa shape index (κ2) is 5.40. The molecule has 1 heterocycles. The fraction of sp³-hybridized carbons (Fsp3) is 0.667. The van der Waals surface area contributed by atoms with Crippen LogP contribution in [0.2, 0.25) is 0 Å². The lowest BCUT2D eigenvalue weighted by molar-refractivity contribution is -0.189. The fourth-order valence-electron chi connectivity index (χ4n) is 2.41. The summed E-state index contributed by atoms with van der Waals surface area (Å²) in [5.74, 6) is -1.17. The predicted molar refractivity (Wildman–Crippen MR) is 63.0 cm³/mol. The van der Waals surface area contributed by atoms with Gasteiger partial charge in [0.25, 0.3) is 0 Å². The number of rotatable bonds is 3. The summed E-state index contributed by atoms with van der Waals surface area (Å²) in [7, 11) is 0. The van der Waals surface area contributed by atoms with Crippen LogP contribution in [0.25, 0.3) is 0 Å². The smallest absolute Gasteiger partial charge is 0.309 e. The highest BCUT2D eigenvalue weighted by molar-refractivity contribution is 7.07. The standard InChI is InChI=1S/C12H16F3NS/c13-12(14,15)10-3-1-2-4-11(10)16-7-9-5-6-17-8-9/h5-6,8,10-11,16H,1-4,7H2. The van der Waals surface area contributed by atoms with Gasteiger partial charge in [0.05, 0.1) is 5.92 Å². The maximum atomic E-state index is 12.8. The van der Waals surface area contributed by atoms with Crippen LogP contribution in [0.1, 0.15) is 31.2 Å². The Labute approximate surface area is 103 Å². The molecule has 0 spiro atoms. The molecule has 2 atom stereocenters. The van der Waals surface area contributed by atoms with Gasteiger partial charge in [-0.2, -0.15) is 24.5 Å². The molecule has 2 rings (SSSR count). The summed E-state index contributed by atoms with van der Waals surface area (Å²) in [4.78, 5) is 0. The Morgan fingerprint density at radius 1 is 1.29 bits per heavy atom. The van der Waals surface area contributed by atoms with E-state index in [1.165, 1.54) is 0 Å². The second-order valence-corrected chi connectivity index (χ2v) is 5.33. The Balaban J connectivity index is 1.92. The van der Waals surface area contributed by atoms with E-state index in [4.69, 9.17) is 0 Å². The lowest BCUT2D eigenvalue weighted by Gasteiger charge is -2.33. The zero-order valence-corrected chi connectivity index (χ0v) is 10.3. The third-order valence-corrected chi connectivity index (χ3v) is 4.07. The minimum Gasteiger partial charge on any atom is -0.309 e. The van der Waals surface area contributed by atoms with Crippen molar-refractivity contribution < 1.29 is 13.2 Å². The van der Waals surface area contributed by atoms with E-state index < -0.39 is 18.1 Å². The summed E-state index contributed by atoms with van der Waals surface area (Å²) in [5.41, 5.74) is 1.07. The summed E-state index contributed by atoms with van der Waals surface area (Å²) in [6.45, 7) is 0.542. The maximum absolute atomic E-state index is 12.8. The highest BCUT2D eigenvalue weighted by Gasteiger charge is 2.45. The quantitative estimate of drug-likeness (QED) is 0.870. The lowest BCUT2D eigenvalue weighted by Crippen LogP contribution is -2.45. The summed E-state index contributed by atoms with van der Waals surface area (Å²) < 4.78 is 38.5. The van der Waals surface area contributed by atoms with Crippen molar-refractivity contribution in [3.05, 3.63) is 22.4 Å². The number of hydrogen-bond donors (Lipinski definition) is 1. The van der Waals surface area contributed by atoms with E-state index in [0.29, 0.717) is 19.4 Å². The normalized spacial score (nSPS) is 26.1. The molecular formula is C12H16F3NS. The van der Waals surface area contributed by atoms with Crippen molar-refractivity contribution in [2.24, 2.45) is 5.92 Å². The molecule has 1 fully saturated rings. The Bertz CT molecular complexity index is 334. The molecule has 0 radical (unpaired) electrons. The molecule has 5 heteroatoms. The molecule has 96 valence electrons. The fourth-order valence-corrected chi connectivity index (χ4v) is 3.08. The molecule has 0 bridgehead atoms. The van der Waals surface area contributed by atoms with Gasteiger partial charge < -0.3 is 5.32 Å². The predicted octanol–water partition coefficient (Wildman–Crippen LogP) is 3.96. The molecule has 1 aromatic rings. The summed E-state index contributed by atoms with van der Waals surface area (Å²) in [5, 5.41) is 6.98. The molecule has 0 saturated heterocycles. The Morgan fingerprint density at radius 3 is 2.71 bits per heavy atom. The number of hydrogen-bond acceptors (Lipinski definition) is 2. The molecule has 1 saturated carbocycles. The molecule has 2 unspecified atom stereocenters. The minimum atomic E-state index is -4.06. The number of halogens is 3. The van der Waals surface area contributed by atoms with E-state index >= 15 is 0 Å². The lowest BCUT2D eigenvalue weighted by atomic mass is 9.84. The first-order chi connectivity index (χ1) is 8.07. The van der Waals surface area contributed by atoms with E-state index in [0.717, 1.165) is 12.0 Å². The van der Waals surface area contributed by atoms with Crippen molar-refractivity contribution in [3.8, 4) is 0 Å². The van der Waals surface area contributed by atoms with Gasteiger partial charge in [0.1, 0.15) is 0 Å². The number of thiophene rings is 1.